The minimum atomic E-state index is 0.785. The highest BCUT2D eigenvalue weighted by molar-refractivity contribution is 5.81. The zero-order valence-electron chi connectivity index (χ0n) is 16.7. The maximum absolute atomic E-state index is 4.69. The molecule has 0 saturated carbocycles. The lowest BCUT2D eigenvalue weighted by Gasteiger charge is -2.28. The minimum absolute atomic E-state index is 0.785. The molecule has 3 aromatic heterocycles. The van der Waals surface area contributed by atoms with Gasteiger partial charge in [0.2, 0.25) is 0 Å². The summed E-state index contributed by atoms with van der Waals surface area (Å²) in [5.41, 5.74) is 8.16. The largest absolute Gasteiger partial charge is 0.346 e. The number of fused-ring (bicyclic) bond motifs is 1. The van der Waals surface area contributed by atoms with Crippen LogP contribution in [0.4, 0.5) is 0 Å². The maximum Gasteiger partial charge on any atom is 0.137 e. The lowest BCUT2D eigenvalue weighted by molar-refractivity contribution is 0.232. The molecule has 1 fully saturated rings. The van der Waals surface area contributed by atoms with Gasteiger partial charge < -0.3 is 10.3 Å². The Hall–Kier alpha value is -2.96. The fraction of sp³-hybridized carbons (Fsp3) is 0.304. The van der Waals surface area contributed by atoms with Crippen LogP contribution in [0.3, 0.4) is 0 Å². The van der Waals surface area contributed by atoms with Gasteiger partial charge in [-0.2, -0.15) is 5.10 Å². The first-order valence-corrected chi connectivity index (χ1v) is 10.3. The fourth-order valence-electron chi connectivity index (χ4n) is 4.32. The van der Waals surface area contributed by atoms with E-state index in [1.807, 2.05) is 12.4 Å². The number of rotatable bonds is 5. The number of hydrogen-bond acceptors (Lipinski definition) is 4. The monoisotopic (exact) mass is 386 g/mol. The molecule has 1 saturated heterocycles. The molecule has 0 spiro atoms. The molecule has 0 radical (unpaired) electrons. The predicted octanol–water partition coefficient (Wildman–Crippen LogP) is 3.26. The van der Waals surface area contributed by atoms with E-state index in [1.54, 1.807) is 0 Å². The molecule has 148 valence electrons. The summed E-state index contributed by atoms with van der Waals surface area (Å²) in [4.78, 5) is 10.4. The van der Waals surface area contributed by atoms with E-state index in [0.717, 1.165) is 56.2 Å². The summed E-state index contributed by atoms with van der Waals surface area (Å²) in [5, 5.41) is 12.5. The molecule has 1 aliphatic rings. The average molecular weight is 387 g/mol. The Morgan fingerprint density at radius 1 is 1.07 bits per heavy atom. The number of H-pyrrole nitrogens is 2. The van der Waals surface area contributed by atoms with Crippen LogP contribution >= 0.6 is 0 Å². The molecular formula is C23H26N6. The van der Waals surface area contributed by atoms with Crippen molar-refractivity contribution >= 4 is 11.0 Å². The Balaban J connectivity index is 1.55. The highest BCUT2D eigenvalue weighted by Crippen LogP contribution is 2.30. The number of pyridine rings is 1. The van der Waals surface area contributed by atoms with Crippen LogP contribution in [0.1, 0.15) is 22.5 Å². The van der Waals surface area contributed by atoms with Gasteiger partial charge in [-0.1, -0.05) is 30.3 Å². The summed E-state index contributed by atoms with van der Waals surface area (Å²) >= 11 is 0. The molecule has 4 heterocycles. The third kappa shape index (κ3) is 3.57. The number of nitrogens with one attached hydrogen (secondary N) is 3. The quantitative estimate of drug-likeness (QED) is 0.492. The molecule has 3 N–H and O–H groups in total. The summed E-state index contributed by atoms with van der Waals surface area (Å²) < 4.78 is 0. The number of benzene rings is 1. The van der Waals surface area contributed by atoms with Crippen molar-refractivity contribution in [1.82, 2.24) is 30.4 Å². The molecule has 1 aromatic carbocycles. The van der Waals surface area contributed by atoms with Gasteiger partial charge in [0.05, 0.1) is 5.69 Å². The third-order valence-electron chi connectivity index (χ3n) is 5.82. The minimum Gasteiger partial charge on any atom is -0.346 e. The van der Waals surface area contributed by atoms with E-state index in [0.29, 0.717) is 0 Å². The molecule has 0 aliphatic carbocycles. The molecule has 4 aromatic rings. The van der Waals surface area contributed by atoms with E-state index in [2.05, 4.69) is 73.7 Å². The lowest BCUT2D eigenvalue weighted by atomic mass is 9.96. The van der Waals surface area contributed by atoms with Gasteiger partial charge in [-0.3, -0.25) is 10.00 Å². The topological polar surface area (TPSA) is 72.6 Å². The number of piperazine rings is 1. The zero-order chi connectivity index (χ0) is 19.6. The van der Waals surface area contributed by atoms with Crippen molar-refractivity contribution in [2.75, 3.05) is 26.2 Å². The molecule has 1 aliphatic heterocycles. The average Bonchev–Trinajstić information content (AvgIpc) is 3.38. The van der Waals surface area contributed by atoms with Crippen LogP contribution in [0.5, 0.6) is 0 Å². The van der Waals surface area contributed by atoms with Crippen LogP contribution < -0.4 is 5.32 Å². The number of aromatic nitrogens is 4. The summed E-state index contributed by atoms with van der Waals surface area (Å²) in [7, 11) is 0. The highest BCUT2D eigenvalue weighted by Gasteiger charge is 2.19. The predicted molar refractivity (Wildman–Crippen MR) is 116 cm³/mol. The smallest absolute Gasteiger partial charge is 0.137 e. The fourth-order valence-corrected chi connectivity index (χ4v) is 4.32. The Labute approximate surface area is 170 Å². The van der Waals surface area contributed by atoms with E-state index in [1.165, 1.54) is 27.6 Å². The van der Waals surface area contributed by atoms with Crippen molar-refractivity contribution in [2.45, 2.75) is 19.9 Å². The van der Waals surface area contributed by atoms with Crippen LogP contribution in [0.25, 0.3) is 22.2 Å². The molecule has 0 unspecified atom stereocenters. The van der Waals surface area contributed by atoms with E-state index in [-0.39, 0.29) is 0 Å². The first kappa shape index (κ1) is 18.1. The Kier molecular flexibility index (Phi) is 4.87. The molecule has 0 amide bonds. The number of hydrogen-bond donors (Lipinski definition) is 3. The highest BCUT2D eigenvalue weighted by atomic mass is 15.2. The Bertz CT molecular complexity index is 1110. The van der Waals surface area contributed by atoms with E-state index < -0.39 is 0 Å². The van der Waals surface area contributed by atoms with Crippen molar-refractivity contribution in [2.24, 2.45) is 0 Å². The number of aromatic amines is 2. The zero-order valence-corrected chi connectivity index (χ0v) is 16.7. The van der Waals surface area contributed by atoms with Gasteiger partial charge in [0.25, 0.3) is 0 Å². The van der Waals surface area contributed by atoms with E-state index in [9.17, 15) is 0 Å². The van der Waals surface area contributed by atoms with E-state index >= 15 is 0 Å². The van der Waals surface area contributed by atoms with Gasteiger partial charge >= 0.3 is 0 Å². The van der Waals surface area contributed by atoms with Gasteiger partial charge in [0.15, 0.2) is 0 Å². The van der Waals surface area contributed by atoms with Gasteiger partial charge in [-0.25, -0.2) is 4.98 Å². The standard InChI is InChI=1S/C23H26N6/c1-16-22(17-5-3-2-4-6-17)21(28-27-16)13-20-18(15-29-11-9-24-10-12-29)14-26-23-19(20)7-8-25-23/h2-8,14,24H,9-13,15H2,1H3,(H,25,26)(H,27,28). The van der Waals surface area contributed by atoms with Crippen LogP contribution in [-0.4, -0.2) is 51.2 Å². The van der Waals surface area contributed by atoms with Crippen LogP contribution in [0, 0.1) is 6.92 Å². The number of nitrogens with zero attached hydrogens (tertiary/aromatic N) is 3. The molecule has 29 heavy (non-hydrogen) atoms. The first-order valence-electron chi connectivity index (χ1n) is 10.3. The van der Waals surface area contributed by atoms with Crippen molar-refractivity contribution in [1.29, 1.82) is 0 Å². The second-order valence-electron chi connectivity index (χ2n) is 7.74. The van der Waals surface area contributed by atoms with Crippen molar-refractivity contribution in [3.63, 3.8) is 0 Å². The van der Waals surface area contributed by atoms with Crippen LogP contribution in [-0.2, 0) is 13.0 Å². The summed E-state index contributed by atoms with van der Waals surface area (Å²) in [6, 6.07) is 12.7. The number of aryl methyl sites for hydroxylation is 1. The second kappa shape index (κ2) is 7.81. The van der Waals surface area contributed by atoms with Crippen molar-refractivity contribution < 1.29 is 0 Å². The van der Waals surface area contributed by atoms with Crippen LogP contribution in [0.2, 0.25) is 0 Å². The molecule has 0 atom stereocenters. The maximum atomic E-state index is 4.69. The van der Waals surface area contributed by atoms with Crippen LogP contribution in [0.15, 0.2) is 48.8 Å². The Morgan fingerprint density at radius 3 is 2.72 bits per heavy atom. The summed E-state index contributed by atoms with van der Waals surface area (Å²) in [6.45, 7) is 7.26. The summed E-state index contributed by atoms with van der Waals surface area (Å²) in [5.74, 6) is 0. The lowest BCUT2D eigenvalue weighted by Crippen LogP contribution is -2.43. The molecule has 0 bridgehead atoms. The van der Waals surface area contributed by atoms with Gasteiger partial charge in [-0.05, 0) is 29.7 Å². The van der Waals surface area contributed by atoms with E-state index in [4.69, 9.17) is 0 Å². The molecular weight excluding hydrogens is 360 g/mol. The second-order valence-corrected chi connectivity index (χ2v) is 7.74. The van der Waals surface area contributed by atoms with Gasteiger partial charge in [0.1, 0.15) is 5.65 Å². The van der Waals surface area contributed by atoms with Gasteiger partial charge in [0, 0.05) is 68.2 Å². The third-order valence-corrected chi connectivity index (χ3v) is 5.82. The van der Waals surface area contributed by atoms with Gasteiger partial charge in [-0.15, -0.1) is 0 Å². The van der Waals surface area contributed by atoms with Crippen molar-refractivity contribution in [3.8, 4) is 11.1 Å². The first-order chi connectivity index (χ1) is 14.3. The normalized spacial score (nSPS) is 15.2. The van der Waals surface area contributed by atoms with Crippen molar-refractivity contribution in [3.05, 3.63) is 71.3 Å². The molecule has 6 nitrogen and oxygen atoms in total. The molecule has 5 rings (SSSR count). The molecule has 6 heteroatoms. The Morgan fingerprint density at radius 2 is 1.90 bits per heavy atom. The SMILES string of the molecule is Cc1[nH]nc(Cc2c(CN3CCNCC3)cnc3[nH]ccc23)c1-c1ccccc1. The summed E-state index contributed by atoms with van der Waals surface area (Å²) in [6.07, 6.45) is 4.80.